The molecule has 1 atom stereocenters. The summed E-state index contributed by atoms with van der Waals surface area (Å²) >= 11 is 6.33. The summed E-state index contributed by atoms with van der Waals surface area (Å²) in [5.41, 5.74) is 1.86. The van der Waals surface area contributed by atoms with Crippen molar-refractivity contribution in [1.29, 1.82) is 0 Å². The molecule has 8 nitrogen and oxygen atoms in total. The number of carbonyl (C=O) groups is 3. The summed E-state index contributed by atoms with van der Waals surface area (Å²) in [6, 6.07) is 18.2. The van der Waals surface area contributed by atoms with Gasteiger partial charge in [0.25, 0.3) is 17.5 Å². The maximum Gasteiger partial charge on any atom is 0.270 e. The molecule has 3 aromatic rings. The van der Waals surface area contributed by atoms with Crippen LogP contribution in [-0.2, 0) is 16.1 Å². The molecule has 0 N–H and O–H groups in total. The number of anilines is 1. The highest BCUT2D eigenvalue weighted by molar-refractivity contribution is 6.31. The standard InChI is InChI=1S/C27H24ClN3O5/c1-17(2)18-10-12-21(13-11-18)30-25(32)15-24(27(30)34)29(16-20-6-3-4-9-23(20)28)26(33)19-7-5-8-22(14-19)31(35)36/h3-14,17,24H,15-16H2,1-2H3. The van der Waals surface area contributed by atoms with E-state index in [0.717, 1.165) is 16.5 Å². The average Bonchev–Trinajstić information content (AvgIpc) is 3.16. The van der Waals surface area contributed by atoms with Crippen molar-refractivity contribution in [3.8, 4) is 0 Å². The molecule has 3 aromatic carbocycles. The maximum atomic E-state index is 13.6. The fourth-order valence-electron chi connectivity index (χ4n) is 4.19. The lowest BCUT2D eigenvalue weighted by molar-refractivity contribution is -0.384. The van der Waals surface area contributed by atoms with Crippen LogP contribution in [0.3, 0.4) is 0 Å². The van der Waals surface area contributed by atoms with Crippen LogP contribution in [0.4, 0.5) is 11.4 Å². The summed E-state index contributed by atoms with van der Waals surface area (Å²) in [5, 5.41) is 11.7. The highest BCUT2D eigenvalue weighted by Gasteiger charge is 2.44. The Balaban J connectivity index is 1.71. The zero-order valence-electron chi connectivity index (χ0n) is 19.8. The molecule has 0 aliphatic carbocycles. The molecule has 1 aliphatic heterocycles. The Kier molecular flexibility index (Phi) is 7.17. The number of carbonyl (C=O) groups excluding carboxylic acids is 3. The zero-order valence-corrected chi connectivity index (χ0v) is 20.5. The minimum absolute atomic E-state index is 0.0382. The Labute approximate surface area is 213 Å². The van der Waals surface area contributed by atoms with Crippen molar-refractivity contribution in [3.05, 3.63) is 105 Å². The topological polar surface area (TPSA) is 101 Å². The molecule has 0 radical (unpaired) electrons. The largest absolute Gasteiger partial charge is 0.322 e. The molecule has 9 heteroatoms. The molecule has 1 unspecified atom stereocenters. The highest BCUT2D eigenvalue weighted by atomic mass is 35.5. The molecule has 1 saturated heterocycles. The van der Waals surface area contributed by atoms with Crippen LogP contribution in [-0.4, -0.2) is 33.6 Å². The van der Waals surface area contributed by atoms with Gasteiger partial charge in [0.15, 0.2) is 0 Å². The van der Waals surface area contributed by atoms with E-state index in [1.165, 1.54) is 23.1 Å². The summed E-state index contributed by atoms with van der Waals surface area (Å²) < 4.78 is 0. The van der Waals surface area contributed by atoms with Crippen LogP contribution in [0.2, 0.25) is 5.02 Å². The van der Waals surface area contributed by atoms with Gasteiger partial charge in [0.2, 0.25) is 5.91 Å². The van der Waals surface area contributed by atoms with E-state index in [1.54, 1.807) is 36.4 Å². The number of nitro benzene ring substituents is 1. The molecule has 4 rings (SSSR count). The fraction of sp³-hybridized carbons (Fsp3) is 0.222. The van der Waals surface area contributed by atoms with E-state index in [-0.39, 0.29) is 30.1 Å². The third-order valence-corrected chi connectivity index (χ3v) is 6.55. The molecular weight excluding hydrogens is 482 g/mol. The number of nitrogens with zero attached hydrogens (tertiary/aromatic N) is 3. The minimum atomic E-state index is -1.09. The Morgan fingerprint density at radius 3 is 2.42 bits per heavy atom. The van der Waals surface area contributed by atoms with Gasteiger partial charge in [0.1, 0.15) is 6.04 Å². The van der Waals surface area contributed by atoms with E-state index in [4.69, 9.17) is 11.6 Å². The van der Waals surface area contributed by atoms with Crippen molar-refractivity contribution in [1.82, 2.24) is 4.90 Å². The predicted molar refractivity (Wildman–Crippen MR) is 136 cm³/mol. The van der Waals surface area contributed by atoms with Crippen LogP contribution in [0.5, 0.6) is 0 Å². The maximum absolute atomic E-state index is 13.6. The van der Waals surface area contributed by atoms with Gasteiger partial charge in [-0.05, 0) is 41.3 Å². The van der Waals surface area contributed by atoms with Crippen LogP contribution in [0.25, 0.3) is 0 Å². The number of hydrogen-bond donors (Lipinski definition) is 0. The molecule has 184 valence electrons. The van der Waals surface area contributed by atoms with E-state index in [1.807, 2.05) is 26.0 Å². The van der Waals surface area contributed by atoms with Gasteiger partial charge >= 0.3 is 0 Å². The first-order valence-corrected chi connectivity index (χ1v) is 11.8. The second kappa shape index (κ2) is 10.3. The van der Waals surface area contributed by atoms with Gasteiger partial charge in [-0.1, -0.05) is 61.8 Å². The van der Waals surface area contributed by atoms with Gasteiger partial charge in [-0.3, -0.25) is 24.5 Å². The Bertz CT molecular complexity index is 1340. The van der Waals surface area contributed by atoms with Crippen LogP contribution < -0.4 is 4.90 Å². The zero-order chi connectivity index (χ0) is 26.0. The Morgan fingerprint density at radius 2 is 1.78 bits per heavy atom. The predicted octanol–water partition coefficient (Wildman–Crippen LogP) is 5.35. The van der Waals surface area contributed by atoms with Crippen molar-refractivity contribution < 1.29 is 19.3 Å². The van der Waals surface area contributed by atoms with E-state index in [9.17, 15) is 24.5 Å². The van der Waals surface area contributed by atoms with Gasteiger partial charge < -0.3 is 4.90 Å². The minimum Gasteiger partial charge on any atom is -0.322 e. The lowest BCUT2D eigenvalue weighted by Gasteiger charge is -2.28. The van der Waals surface area contributed by atoms with E-state index in [0.29, 0.717) is 16.3 Å². The molecule has 1 aliphatic rings. The van der Waals surface area contributed by atoms with Crippen molar-refractivity contribution in [3.63, 3.8) is 0 Å². The van der Waals surface area contributed by atoms with Crippen LogP contribution in [0.15, 0.2) is 72.8 Å². The average molecular weight is 506 g/mol. The molecule has 1 fully saturated rings. The summed E-state index contributed by atoms with van der Waals surface area (Å²) in [4.78, 5) is 53.2. The van der Waals surface area contributed by atoms with Crippen molar-refractivity contribution >= 4 is 40.7 Å². The van der Waals surface area contributed by atoms with E-state index < -0.39 is 28.7 Å². The molecule has 36 heavy (non-hydrogen) atoms. The summed E-state index contributed by atoms with van der Waals surface area (Å²) in [6.07, 6.45) is -0.212. The lowest BCUT2D eigenvalue weighted by Crippen LogP contribution is -2.45. The summed E-state index contributed by atoms with van der Waals surface area (Å²) in [5.74, 6) is -1.29. The highest BCUT2D eigenvalue weighted by Crippen LogP contribution is 2.30. The van der Waals surface area contributed by atoms with Crippen LogP contribution >= 0.6 is 11.6 Å². The van der Waals surface area contributed by atoms with E-state index >= 15 is 0 Å². The molecule has 0 bridgehead atoms. The third-order valence-electron chi connectivity index (χ3n) is 6.18. The second-order valence-corrected chi connectivity index (χ2v) is 9.27. The normalized spacial score (nSPS) is 15.4. The smallest absolute Gasteiger partial charge is 0.270 e. The number of amides is 3. The van der Waals surface area contributed by atoms with Crippen molar-refractivity contribution in [2.45, 2.75) is 38.8 Å². The van der Waals surface area contributed by atoms with Gasteiger partial charge in [-0.2, -0.15) is 0 Å². The first-order chi connectivity index (χ1) is 17.2. The Hall–Kier alpha value is -4.04. The Morgan fingerprint density at radius 1 is 1.08 bits per heavy atom. The first-order valence-electron chi connectivity index (χ1n) is 11.4. The number of benzene rings is 3. The summed E-state index contributed by atoms with van der Waals surface area (Å²) in [7, 11) is 0. The fourth-order valence-corrected chi connectivity index (χ4v) is 4.39. The van der Waals surface area contributed by atoms with Gasteiger partial charge in [0.05, 0.1) is 17.0 Å². The van der Waals surface area contributed by atoms with Crippen molar-refractivity contribution in [2.75, 3.05) is 4.90 Å². The summed E-state index contributed by atoms with van der Waals surface area (Å²) in [6.45, 7) is 4.04. The number of halogens is 1. The molecule has 0 aromatic heterocycles. The van der Waals surface area contributed by atoms with Gasteiger partial charge in [0, 0.05) is 29.3 Å². The van der Waals surface area contributed by atoms with Gasteiger partial charge in [-0.15, -0.1) is 0 Å². The van der Waals surface area contributed by atoms with Gasteiger partial charge in [-0.25, -0.2) is 4.90 Å². The molecule has 1 heterocycles. The number of nitro groups is 1. The lowest BCUT2D eigenvalue weighted by atomic mass is 10.0. The number of imide groups is 1. The SMILES string of the molecule is CC(C)c1ccc(N2C(=O)CC(N(Cc3ccccc3Cl)C(=O)c3cccc([N+](=O)[O-])c3)C2=O)cc1. The monoisotopic (exact) mass is 505 g/mol. The molecule has 0 saturated carbocycles. The third kappa shape index (κ3) is 4.99. The van der Waals surface area contributed by atoms with Crippen LogP contribution in [0.1, 0.15) is 47.7 Å². The number of rotatable bonds is 7. The molecule has 3 amide bonds. The number of hydrogen-bond acceptors (Lipinski definition) is 5. The quantitative estimate of drug-likeness (QED) is 0.245. The van der Waals surface area contributed by atoms with Crippen molar-refractivity contribution in [2.24, 2.45) is 0 Å². The van der Waals surface area contributed by atoms with E-state index in [2.05, 4.69) is 0 Å². The molecular formula is C27H24ClN3O5. The second-order valence-electron chi connectivity index (χ2n) is 8.87. The number of non-ortho nitro benzene ring substituents is 1. The molecule has 0 spiro atoms. The first kappa shape index (κ1) is 25.1. The van der Waals surface area contributed by atoms with Crippen LogP contribution in [0, 0.1) is 10.1 Å².